The second-order valence-electron chi connectivity index (χ2n) is 8.11. The van der Waals surface area contributed by atoms with E-state index in [4.69, 9.17) is 0 Å². The number of anilines is 1. The van der Waals surface area contributed by atoms with Crippen molar-refractivity contribution in [2.24, 2.45) is 0 Å². The van der Waals surface area contributed by atoms with Gasteiger partial charge in [0.25, 0.3) is 0 Å². The summed E-state index contributed by atoms with van der Waals surface area (Å²) in [7, 11) is 0. The number of rotatable bonds is 6. The summed E-state index contributed by atoms with van der Waals surface area (Å²) in [5.41, 5.74) is 3.00. The van der Waals surface area contributed by atoms with Crippen molar-refractivity contribution in [1.29, 1.82) is 0 Å². The molecule has 0 aromatic heterocycles. The van der Waals surface area contributed by atoms with Gasteiger partial charge in [-0.1, -0.05) is 51.1 Å². The summed E-state index contributed by atoms with van der Waals surface area (Å²) in [6.07, 6.45) is 2.24. The van der Waals surface area contributed by atoms with Gasteiger partial charge in [0, 0.05) is 18.3 Å². The molecule has 0 heterocycles. The van der Waals surface area contributed by atoms with E-state index >= 15 is 0 Å². The lowest BCUT2D eigenvalue weighted by molar-refractivity contribution is -0.117. The fraction of sp³-hybridized carbons (Fsp3) is 0.409. The first-order chi connectivity index (χ1) is 12.3. The summed E-state index contributed by atoms with van der Waals surface area (Å²) in [4.78, 5) is 14.8. The van der Waals surface area contributed by atoms with Gasteiger partial charge in [0.05, 0.1) is 6.54 Å². The molecule has 0 atom stereocenters. The number of benzene rings is 2. The largest absolute Gasteiger partial charge is 0.325 e. The molecule has 1 N–H and O–H groups in total. The van der Waals surface area contributed by atoms with E-state index in [1.807, 2.05) is 18.2 Å². The zero-order valence-corrected chi connectivity index (χ0v) is 15.8. The van der Waals surface area contributed by atoms with Crippen molar-refractivity contribution >= 4 is 11.6 Å². The van der Waals surface area contributed by atoms with Crippen LogP contribution in [0.4, 0.5) is 10.1 Å². The van der Waals surface area contributed by atoms with Crippen molar-refractivity contribution in [2.75, 3.05) is 11.9 Å². The van der Waals surface area contributed by atoms with E-state index in [2.05, 4.69) is 37.1 Å². The molecule has 0 spiro atoms. The second kappa shape index (κ2) is 7.58. The lowest BCUT2D eigenvalue weighted by Crippen LogP contribution is -2.35. The van der Waals surface area contributed by atoms with Gasteiger partial charge < -0.3 is 5.32 Å². The molecule has 4 heteroatoms. The van der Waals surface area contributed by atoms with Gasteiger partial charge in [0.2, 0.25) is 5.91 Å². The van der Waals surface area contributed by atoms with E-state index < -0.39 is 0 Å². The molecule has 26 heavy (non-hydrogen) atoms. The van der Waals surface area contributed by atoms with Crippen LogP contribution in [0.2, 0.25) is 0 Å². The van der Waals surface area contributed by atoms with Gasteiger partial charge in [0.15, 0.2) is 0 Å². The summed E-state index contributed by atoms with van der Waals surface area (Å²) >= 11 is 0. The lowest BCUT2D eigenvalue weighted by atomic mass is 9.86. The minimum absolute atomic E-state index is 0.00397. The monoisotopic (exact) mass is 354 g/mol. The van der Waals surface area contributed by atoms with Crippen molar-refractivity contribution in [2.45, 2.75) is 51.6 Å². The molecule has 0 unspecified atom stereocenters. The van der Waals surface area contributed by atoms with Crippen LogP contribution in [0.15, 0.2) is 48.5 Å². The highest BCUT2D eigenvalue weighted by molar-refractivity contribution is 5.93. The van der Waals surface area contributed by atoms with Gasteiger partial charge in [-0.05, 0) is 47.6 Å². The normalized spacial score (nSPS) is 14.5. The Balaban J connectivity index is 1.67. The predicted molar refractivity (Wildman–Crippen MR) is 104 cm³/mol. The van der Waals surface area contributed by atoms with Gasteiger partial charge >= 0.3 is 0 Å². The molecule has 1 aliphatic rings. The molecule has 3 rings (SSSR count). The van der Waals surface area contributed by atoms with E-state index in [0.29, 0.717) is 19.1 Å². The molecule has 1 fully saturated rings. The fourth-order valence-corrected chi connectivity index (χ4v) is 3.20. The Bertz CT molecular complexity index is 760. The van der Waals surface area contributed by atoms with Gasteiger partial charge in [-0.25, -0.2) is 4.39 Å². The van der Waals surface area contributed by atoms with Gasteiger partial charge in [-0.15, -0.1) is 0 Å². The zero-order valence-electron chi connectivity index (χ0n) is 15.8. The van der Waals surface area contributed by atoms with Gasteiger partial charge in [-0.3, -0.25) is 9.69 Å². The molecule has 138 valence electrons. The first-order valence-corrected chi connectivity index (χ1v) is 9.21. The molecule has 0 radical (unpaired) electrons. The molecule has 1 aliphatic carbocycles. The zero-order chi connectivity index (χ0) is 18.7. The van der Waals surface area contributed by atoms with Crippen molar-refractivity contribution in [1.82, 2.24) is 4.90 Å². The minimum atomic E-state index is -0.233. The van der Waals surface area contributed by atoms with Gasteiger partial charge in [0.1, 0.15) is 5.82 Å². The third-order valence-electron chi connectivity index (χ3n) is 4.72. The van der Waals surface area contributed by atoms with Crippen LogP contribution in [0.1, 0.15) is 44.7 Å². The first kappa shape index (κ1) is 18.6. The van der Waals surface area contributed by atoms with Crippen LogP contribution in [-0.2, 0) is 16.8 Å². The van der Waals surface area contributed by atoms with E-state index in [1.54, 1.807) is 12.1 Å². The highest BCUT2D eigenvalue weighted by atomic mass is 19.1. The predicted octanol–water partition coefficient (Wildman–Crippen LogP) is 4.73. The number of hydrogen-bond acceptors (Lipinski definition) is 2. The minimum Gasteiger partial charge on any atom is -0.325 e. The highest BCUT2D eigenvalue weighted by Gasteiger charge is 2.30. The Hall–Kier alpha value is -2.20. The Labute approximate surface area is 155 Å². The Morgan fingerprint density at radius 3 is 2.38 bits per heavy atom. The highest BCUT2D eigenvalue weighted by Crippen LogP contribution is 2.30. The number of amides is 1. The molecule has 1 amide bonds. The summed E-state index contributed by atoms with van der Waals surface area (Å²) in [6, 6.07) is 14.9. The van der Waals surface area contributed by atoms with Crippen LogP contribution in [0.5, 0.6) is 0 Å². The maximum absolute atomic E-state index is 13.1. The van der Waals surface area contributed by atoms with E-state index in [9.17, 15) is 9.18 Å². The van der Waals surface area contributed by atoms with Crippen LogP contribution in [0.25, 0.3) is 0 Å². The average molecular weight is 354 g/mol. The maximum atomic E-state index is 13.1. The molecule has 3 nitrogen and oxygen atoms in total. The summed E-state index contributed by atoms with van der Waals surface area (Å²) in [5, 5.41) is 3.08. The summed E-state index contributed by atoms with van der Waals surface area (Å²) < 4.78 is 13.1. The maximum Gasteiger partial charge on any atom is 0.238 e. The number of carbonyl (C=O) groups is 1. The second-order valence-corrected chi connectivity index (χ2v) is 8.11. The van der Waals surface area contributed by atoms with Crippen LogP contribution in [-0.4, -0.2) is 23.4 Å². The molecule has 0 bridgehead atoms. The van der Waals surface area contributed by atoms with Gasteiger partial charge in [-0.2, -0.15) is 0 Å². The summed E-state index contributed by atoms with van der Waals surface area (Å²) in [5.74, 6) is -0.237. The smallest absolute Gasteiger partial charge is 0.238 e. The number of carbonyl (C=O) groups excluding carboxylic acids is 1. The molecular weight excluding hydrogens is 327 g/mol. The first-order valence-electron chi connectivity index (χ1n) is 9.21. The van der Waals surface area contributed by atoms with Crippen molar-refractivity contribution in [3.05, 3.63) is 65.5 Å². The third-order valence-corrected chi connectivity index (χ3v) is 4.72. The number of halogens is 1. The standard InChI is InChI=1S/C22H27FN2O/c1-22(2,3)19-6-4-5-7-20(19)24-21(26)15-25(18-12-13-18)14-16-8-10-17(23)11-9-16/h4-11,18H,12-15H2,1-3H3,(H,24,26). The third kappa shape index (κ3) is 4.92. The van der Waals surface area contributed by atoms with Crippen molar-refractivity contribution < 1.29 is 9.18 Å². The average Bonchev–Trinajstić information content (AvgIpc) is 3.41. The van der Waals surface area contributed by atoms with Crippen LogP contribution in [0.3, 0.4) is 0 Å². The lowest BCUT2D eigenvalue weighted by Gasteiger charge is -2.25. The molecule has 1 saturated carbocycles. The van der Waals surface area contributed by atoms with E-state index in [-0.39, 0.29) is 17.1 Å². The topological polar surface area (TPSA) is 32.3 Å². The number of nitrogens with one attached hydrogen (secondary N) is 1. The molecule has 2 aromatic rings. The molecule has 2 aromatic carbocycles. The SMILES string of the molecule is CC(C)(C)c1ccccc1NC(=O)CN(Cc1ccc(F)cc1)C1CC1. The molecule has 0 aliphatic heterocycles. The van der Waals surface area contributed by atoms with E-state index in [1.165, 1.54) is 12.1 Å². The van der Waals surface area contributed by atoms with Crippen LogP contribution < -0.4 is 5.32 Å². The number of para-hydroxylation sites is 1. The number of nitrogens with zero attached hydrogens (tertiary/aromatic N) is 1. The Morgan fingerprint density at radius 2 is 1.77 bits per heavy atom. The number of hydrogen-bond donors (Lipinski definition) is 1. The van der Waals surface area contributed by atoms with Crippen LogP contribution >= 0.6 is 0 Å². The summed E-state index contributed by atoms with van der Waals surface area (Å²) in [6.45, 7) is 7.44. The van der Waals surface area contributed by atoms with E-state index in [0.717, 1.165) is 29.7 Å². The van der Waals surface area contributed by atoms with Crippen LogP contribution in [0, 0.1) is 5.82 Å². The molecular formula is C22H27FN2O. The van der Waals surface area contributed by atoms with Crippen molar-refractivity contribution in [3.63, 3.8) is 0 Å². The fourth-order valence-electron chi connectivity index (χ4n) is 3.20. The Morgan fingerprint density at radius 1 is 1.12 bits per heavy atom. The Kier molecular flexibility index (Phi) is 5.42. The quantitative estimate of drug-likeness (QED) is 0.814. The molecule has 0 saturated heterocycles. The van der Waals surface area contributed by atoms with Crippen molar-refractivity contribution in [3.8, 4) is 0 Å².